The van der Waals surface area contributed by atoms with Crippen LogP contribution in [0.4, 0.5) is 11.6 Å². The molecule has 0 spiro atoms. The molecule has 0 bridgehead atoms. The average molecular weight is 274 g/mol. The van der Waals surface area contributed by atoms with E-state index in [1.165, 1.54) is 19.7 Å². The van der Waals surface area contributed by atoms with Crippen LogP contribution in [0.2, 0.25) is 0 Å². The Morgan fingerprint density at radius 2 is 2.06 bits per heavy atom. The third kappa shape index (κ3) is 3.00. The Balaban J connectivity index is 2.91. The predicted octanol–water partition coefficient (Wildman–Crippen LogP) is 0.302. The quantitative estimate of drug-likeness (QED) is 0.795. The van der Waals surface area contributed by atoms with Crippen molar-refractivity contribution in [3.05, 3.63) is 6.33 Å². The van der Waals surface area contributed by atoms with Crippen LogP contribution >= 0.6 is 0 Å². The number of rotatable bonds is 5. The van der Waals surface area contributed by atoms with Crippen molar-refractivity contribution in [3.63, 3.8) is 0 Å². The van der Waals surface area contributed by atoms with Crippen molar-refractivity contribution in [1.29, 1.82) is 0 Å². The van der Waals surface area contributed by atoms with E-state index in [1.807, 2.05) is 0 Å². The van der Waals surface area contributed by atoms with Gasteiger partial charge in [-0.05, 0) is 13.8 Å². The van der Waals surface area contributed by atoms with Crippen molar-refractivity contribution >= 4 is 21.5 Å². The minimum absolute atomic E-state index is 0.193. The molecule has 0 radical (unpaired) electrons. The van der Waals surface area contributed by atoms with E-state index in [1.54, 1.807) is 13.8 Å². The van der Waals surface area contributed by atoms with Crippen molar-refractivity contribution in [1.82, 2.24) is 9.97 Å². The molecule has 1 heterocycles. The molecule has 18 heavy (non-hydrogen) atoms. The molecule has 102 valence electrons. The van der Waals surface area contributed by atoms with Gasteiger partial charge in [-0.1, -0.05) is 0 Å². The lowest BCUT2D eigenvalue weighted by Gasteiger charge is -2.23. The number of methoxy groups -OCH3 is 1. The SMILES string of the molecule is COc1c(N)ncnc1NCC(C)(C)S(C)(=O)=O. The van der Waals surface area contributed by atoms with Gasteiger partial charge >= 0.3 is 0 Å². The highest BCUT2D eigenvalue weighted by Gasteiger charge is 2.30. The summed E-state index contributed by atoms with van der Waals surface area (Å²) in [5, 5.41) is 2.92. The molecule has 3 N–H and O–H groups in total. The summed E-state index contributed by atoms with van der Waals surface area (Å²) in [7, 11) is -1.73. The van der Waals surface area contributed by atoms with Crippen molar-refractivity contribution in [2.24, 2.45) is 0 Å². The number of nitrogens with zero attached hydrogens (tertiary/aromatic N) is 2. The summed E-state index contributed by atoms with van der Waals surface area (Å²) in [5.74, 6) is 0.885. The Hall–Kier alpha value is -1.57. The second-order valence-corrected chi connectivity index (χ2v) is 7.18. The van der Waals surface area contributed by atoms with Crippen LogP contribution in [0.3, 0.4) is 0 Å². The summed E-state index contributed by atoms with van der Waals surface area (Å²) < 4.78 is 27.3. The zero-order chi connectivity index (χ0) is 14.0. The second kappa shape index (κ2) is 4.97. The number of anilines is 2. The lowest BCUT2D eigenvalue weighted by atomic mass is 10.2. The lowest BCUT2D eigenvalue weighted by Crippen LogP contribution is -2.38. The van der Waals surface area contributed by atoms with Gasteiger partial charge in [0, 0.05) is 12.8 Å². The molecule has 0 aromatic carbocycles. The van der Waals surface area contributed by atoms with Crippen molar-refractivity contribution < 1.29 is 13.2 Å². The maximum atomic E-state index is 11.6. The number of nitrogen functional groups attached to an aromatic ring is 1. The van der Waals surface area contributed by atoms with Crippen molar-refractivity contribution in [3.8, 4) is 5.75 Å². The molecule has 1 rings (SSSR count). The molecular formula is C10H18N4O3S. The fraction of sp³-hybridized carbons (Fsp3) is 0.600. The molecule has 8 heteroatoms. The predicted molar refractivity (Wildman–Crippen MR) is 70.4 cm³/mol. The highest BCUT2D eigenvalue weighted by Crippen LogP contribution is 2.27. The standard InChI is InChI=1S/C10H18N4O3S/c1-10(2,18(4,15)16)5-12-9-7(17-3)8(11)13-6-14-9/h6H,5H2,1-4H3,(H3,11,12,13,14). The van der Waals surface area contributed by atoms with E-state index in [0.717, 1.165) is 0 Å². The van der Waals surface area contributed by atoms with Gasteiger partial charge in [-0.15, -0.1) is 0 Å². The van der Waals surface area contributed by atoms with E-state index in [2.05, 4.69) is 15.3 Å². The van der Waals surface area contributed by atoms with Gasteiger partial charge in [0.1, 0.15) is 6.33 Å². The number of hydrogen-bond acceptors (Lipinski definition) is 7. The maximum absolute atomic E-state index is 11.6. The van der Waals surface area contributed by atoms with Gasteiger partial charge < -0.3 is 15.8 Å². The number of nitrogens with one attached hydrogen (secondary N) is 1. The van der Waals surface area contributed by atoms with Gasteiger partial charge in [0.25, 0.3) is 0 Å². The van der Waals surface area contributed by atoms with Crippen LogP contribution in [0.5, 0.6) is 5.75 Å². The molecule has 0 fully saturated rings. The zero-order valence-corrected chi connectivity index (χ0v) is 11.7. The highest BCUT2D eigenvalue weighted by atomic mass is 32.2. The van der Waals surface area contributed by atoms with Crippen LogP contribution in [-0.4, -0.2) is 43.0 Å². The van der Waals surface area contributed by atoms with Gasteiger partial charge in [0.2, 0.25) is 5.75 Å². The summed E-state index contributed by atoms with van der Waals surface area (Å²) in [6, 6.07) is 0. The zero-order valence-electron chi connectivity index (χ0n) is 10.9. The molecule has 7 nitrogen and oxygen atoms in total. The van der Waals surface area contributed by atoms with E-state index in [-0.39, 0.29) is 12.4 Å². The van der Waals surface area contributed by atoms with Gasteiger partial charge in [-0.25, -0.2) is 18.4 Å². The molecular weight excluding hydrogens is 256 g/mol. The van der Waals surface area contributed by atoms with Crippen LogP contribution in [0.15, 0.2) is 6.33 Å². The highest BCUT2D eigenvalue weighted by molar-refractivity contribution is 7.92. The molecule has 0 unspecified atom stereocenters. The first kappa shape index (κ1) is 14.5. The third-order valence-electron chi connectivity index (χ3n) is 2.72. The number of nitrogens with two attached hydrogens (primary N) is 1. The fourth-order valence-electron chi connectivity index (χ4n) is 1.14. The number of aromatic nitrogens is 2. The first-order valence-electron chi connectivity index (χ1n) is 5.27. The monoisotopic (exact) mass is 274 g/mol. The smallest absolute Gasteiger partial charge is 0.203 e. The Morgan fingerprint density at radius 1 is 1.44 bits per heavy atom. The van der Waals surface area contributed by atoms with Crippen LogP contribution in [0, 0.1) is 0 Å². The topological polar surface area (TPSA) is 107 Å². The Labute approximate surface area is 107 Å². The molecule has 0 atom stereocenters. The maximum Gasteiger partial charge on any atom is 0.203 e. The lowest BCUT2D eigenvalue weighted by molar-refractivity contribution is 0.415. The van der Waals surface area contributed by atoms with E-state index in [4.69, 9.17) is 10.5 Å². The first-order valence-corrected chi connectivity index (χ1v) is 7.16. The van der Waals surface area contributed by atoms with Gasteiger partial charge in [0.05, 0.1) is 11.9 Å². The van der Waals surface area contributed by atoms with E-state index in [9.17, 15) is 8.42 Å². The van der Waals surface area contributed by atoms with Crippen molar-refractivity contribution in [2.75, 3.05) is 31.0 Å². The van der Waals surface area contributed by atoms with Crippen molar-refractivity contribution in [2.45, 2.75) is 18.6 Å². The normalized spacial score (nSPS) is 12.2. The molecule has 0 aliphatic carbocycles. The molecule has 1 aromatic rings. The van der Waals surface area contributed by atoms with Gasteiger partial charge in [-0.3, -0.25) is 0 Å². The molecule has 0 aliphatic rings. The van der Waals surface area contributed by atoms with E-state index >= 15 is 0 Å². The van der Waals surface area contributed by atoms with Gasteiger partial charge in [-0.2, -0.15) is 0 Å². The van der Waals surface area contributed by atoms with Crippen LogP contribution in [-0.2, 0) is 9.84 Å². The average Bonchev–Trinajstić information content (AvgIpc) is 2.25. The number of ether oxygens (including phenoxy) is 1. The van der Waals surface area contributed by atoms with Crippen LogP contribution in [0.1, 0.15) is 13.8 Å². The molecule has 1 aromatic heterocycles. The van der Waals surface area contributed by atoms with Gasteiger partial charge in [0.15, 0.2) is 21.5 Å². The molecule has 0 aliphatic heterocycles. The minimum atomic E-state index is -3.18. The van der Waals surface area contributed by atoms with Crippen LogP contribution in [0.25, 0.3) is 0 Å². The summed E-state index contributed by atoms with van der Waals surface area (Å²) in [4.78, 5) is 7.76. The van der Waals surface area contributed by atoms with Crippen LogP contribution < -0.4 is 15.8 Å². The number of hydrogen-bond donors (Lipinski definition) is 2. The second-order valence-electron chi connectivity index (χ2n) is 4.53. The van der Waals surface area contributed by atoms with E-state index < -0.39 is 14.6 Å². The summed E-state index contributed by atoms with van der Waals surface area (Å²) >= 11 is 0. The van der Waals surface area contributed by atoms with E-state index in [0.29, 0.717) is 11.6 Å². The Morgan fingerprint density at radius 3 is 2.56 bits per heavy atom. The minimum Gasteiger partial charge on any atom is -0.490 e. The summed E-state index contributed by atoms with van der Waals surface area (Å²) in [5.41, 5.74) is 5.62. The third-order valence-corrected chi connectivity index (χ3v) is 4.87. The largest absolute Gasteiger partial charge is 0.490 e. The summed E-state index contributed by atoms with van der Waals surface area (Å²) in [6.07, 6.45) is 2.48. The fourth-order valence-corrected chi connectivity index (χ4v) is 1.48. The Kier molecular flexibility index (Phi) is 4.00. The summed E-state index contributed by atoms with van der Waals surface area (Å²) in [6.45, 7) is 3.46. The number of sulfone groups is 1. The molecule has 0 saturated carbocycles. The molecule has 0 amide bonds. The Bertz CT molecular complexity index is 528. The first-order chi connectivity index (χ1) is 8.19. The molecule has 0 saturated heterocycles.